The van der Waals surface area contributed by atoms with Gasteiger partial charge >= 0.3 is 0 Å². The van der Waals surface area contributed by atoms with Crippen LogP contribution in [0.5, 0.6) is 0 Å². The van der Waals surface area contributed by atoms with Crippen molar-refractivity contribution in [2.75, 3.05) is 0 Å². The molecule has 0 aliphatic heterocycles. The van der Waals surface area contributed by atoms with Gasteiger partial charge in [0.2, 0.25) is 0 Å². The molecule has 2 N–H and O–H groups in total. The molecule has 10 nitrogen and oxygen atoms in total. The third-order valence-corrected chi connectivity index (χ3v) is 6.87. The van der Waals surface area contributed by atoms with Crippen LogP contribution in [-0.4, -0.2) is 29.2 Å². The predicted octanol–water partition coefficient (Wildman–Crippen LogP) is 2.33. The van der Waals surface area contributed by atoms with Crippen molar-refractivity contribution in [2.45, 2.75) is 65.2 Å². The minimum atomic E-state index is -0.262. The van der Waals surface area contributed by atoms with Gasteiger partial charge in [0.1, 0.15) is 23.3 Å². The largest absolute Gasteiger partial charge is 0.342 e. The van der Waals surface area contributed by atoms with E-state index >= 15 is 0 Å². The van der Waals surface area contributed by atoms with Gasteiger partial charge in [-0.05, 0) is 58.3 Å². The van der Waals surface area contributed by atoms with Gasteiger partial charge in [-0.2, -0.15) is 29.8 Å². The first kappa shape index (κ1) is 21.7. The second-order valence-electron chi connectivity index (χ2n) is 9.03. The summed E-state index contributed by atoms with van der Waals surface area (Å²) in [4.78, 5) is 32.6. The molecule has 0 aromatic carbocycles. The molecule has 4 aromatic heterocycles. The van der Waals surface area contributed by atoms with Gasteiger partial charge in [0.25, 0.3) is 11.1 Å². The van der Waals surface area contributed by atoms with Crippen molar-refractivity contribution in [1.82, 2.24) is 29.2 Å². The average Bonchev–Trinajstić information content (AvgIpc) is 3.34. The van der Waals surface area contributed by atoms with Crippen molar-refractivity contribution in [2.24, 2.45) is 0 Å². The lowest BCUT2D eigenvalue weighted by Crippen LogP contribution is -2.25. The average molecular weight is 457 g/mol. The molecule has 10 heteroatoms. The fraction of sp³-hybridized carbons (Fsp3) is 0.417. The number of aromatic nitrogens is 6. The third-order valence-electron chi connectivity index (χ3n) is 6.87. The number of hydrogen-bond acceptors (Lipinski definition) is 6. The highest BCUT2D eigenvalue weighted by molar-refractivity contribution is 5.59. The lowest BCUT2D eigenvalue weighted by Gasteiger charge is -2.14. The molecule has 172 valence electrons. The van der Waals surface area contributed by atoms with Crippen LogP contribution in [0.15, 0.2) is 9.59 Å². The molecular weight excluding hydrogens is 432 g/mol. The molecule has 0 saturated heterocycles. The van der Waals surface area contributed by atoms with Gasteiger partial charge in [-0.25, -0.2) is 0 Å². The summed E-state index contributed by atoms with van der Waals surface area (Å²) in [5, 5.41) is 27.9. The highest BCUT2D eigenvalue weighted by atomic mass is 16.1. The Hall–Kier alpha value is -4.18. The Morgan fingerprint density at radius 2 is 1.65 bits per heavy atom. The molecule has 0 bridgehead atoms. The second kappa shape index (κ2) is 7.99. The van der Waals surface area contributed by atoms with Gasteiger partial charge < -0.3 is 9.97 Å². The summed E-state index contributed by atoms with van der Waals surface area (Å²) in [6.07, 6.45) is 4.50. The van der Waals surface area contributed by atoms with Gasteiger partial charge in [-0.1, -0.05) is 6.92 Å². The van der Waals surface area contributed by atoms with Gasteiger partial charge in [-0.3, -0.25) is 9.59 Å². The van der Waals surface area contributed by atoms with E-state index in [2.05, 4.69) is 32.3 Å². The SMILES string of the molecule is Cc1nn2c(=O)c(C(C)CCc3nn4c(=O)c5c([nH]c4c3C#N)CCCC5)c(C)[nH]c2c1C#N. The first-order valence-electron chi connectivity index (χ1n) is 11.4. The van der Waals surface area contributed by atoms with E-state index < -0.39 is 0 Å². The van der Waals surface area contributed by atoms with Crippen molar-refractivity contribution in [3.05, 3.63) is 65.7 Å². The van der Waals surface area contributed by atoms with E-state index in [-0.39, 0.29) is 17.0 Å². The standard InChI is InChI=1S/C24H24N8O2/c1-12(20-14(3)27-21-16(10-25)13(2)29-32(21)24(20)34)8-9-19-17(11-26)22-28-18-7-5-4-6-15(18)23(33)31(22)30-19/h12,27-28H,4-9H2,1-3H3. The van der Waals surface area contributed by atoms with Gasteiger partial charge in [-0.15, -0.1) is 0 Å². The predicted molar refractivity (Wildman–Crippen MR) is 124 cm³/mol. The number of nitrogens with one attached hydrogen (secondary N) is 2. The second-order valence-corrected chi connectivity index (χ2v) is 9.03. The number of fused-ring (bicyclic) bond motifs is 3. The Morgan fingerprint density at radius 1 is 0.971 bits per heavy atom. The van der Waals surface area contributed by atoms with Crippen molar-refractivity contribution < 1.29 is 0 Å². The molecule has 0 radical (unpaired) electrons. The van der Waals surface area contributed by atoms with Gasteiger partial charge in [0.15, 0.2) is 11.3 Å². The Balaban J connectivity index is 1.51. The maximum Gasteiger partial charge on any atom is 0.278 e. The molecule has 1 aliphatic rings. The minimum absolute atomic E-state index is 0.153. The van der Waals surface area contributed by atoms with Crippen LogP contribution in [0.1, 0.15) is 77.1 Å². The Kier molecular flexibility index (Phi) is 5.09. The molecule has 0 saturated carbocycles. The lowest BCUT2D eigenvalue weighted by atomic mass is 9.94. The summed E-state index contributed by atoms with van der Waals surface area (Å²) < 4.78 is 2.57. The topological polar surface area (TPSA) is 148 Å². The Bertz CT molecular complexity index is 1670. The van der Waals surface area contributed by atoms with Crippen molar-refractivity contribution in [3.8, 4) is 12.1 Å². The number of rotatable bonds is 4. The summed E-state index contributed by atoms with van der Waals surface area (Å²) in [6, 6.07) is 4.31. The molecule has 0 spiro atoms. The van der Waals surface area contributed by atoms with E-state index in [0.717, 1.165) is 36.9 Å². The van der Waals surface area contributed by atoms with Crippen LogP contribution in [0, 0.1) is 36.5 Å². The van der Waals surface area contributed by atoms with E-state index in [0.29, 0.717) is 57.9 Å². The monoisotopic (exact) mass is 456 g/mol. The Labute approximate surface area is 194 Å². The summed E-state index contributed by atoms with van der Waals surface area (Å²) in [5.74, 6) is -0.163. The molecule has 4 heterocycles. The molecule has 0 amide bonds. The summed E-state index contributed by atoms with van der Waals surface area (Å²) in [7, 11) is 0. The molecule has 1 atom stereocenters. The first-order valence-corrected chi connectivity index (χ1v) is 11.4. The highest BCUT2D eigenvalue weighted by Gasteiger charge is 2.23. The van der Waals surface area contributed by atoms with Crippen molar-refractivity contribution in [3.63, 3.8) is 0 Å². The van der Waals surface area contributed by atoms with Crippen LogP contribution in [0.3, 0.4) is 0 Å². The van der Waals surface area contributed by atoms with Crippen molar-refractivity contribution in [1.29, 1.82) is 10.5 Å². The van der Waals surface area contributed by atoms with Crippen LogP contribution in [0.25, 0.3) is 11.3 Å². The van der Waals surface area contributed by atoms with Gasteiger partial charge in [0.05, 0.1) is 11.4 Å². The smallest absolute Gasteiger partial charge is 0.278 e. The Morgan fingerprint density at radius 3 is 2.38 bits per heavy atom. The molecular formula is C24H24N8O2. The van der Waals surface area contributed by atoms with Crippen LogP contribution in [-0.2, 0) is 19.3 Å². The normalized spacial score (nSPS) is 14.1. The summed E-state index contributed by atoms with van der Waals surface area (Å²) >= 11 is 0. The maximum atomic E-state index is 13.2. The van der Waals surface area contributed by atoms with E-state index in [1.165, 1.54) is 9.03 Å². The molecule has 5 rings (SSSR count). The zero-order chi connectivity index (χ0) is 24.1. The number of hydrogen-bond donors (Lipinski definition) is 2. The molecule has 4 aromatic rings. The fourth-order valence-electron chi connectivity index (χ4n) is 5.09. The number of aryl methyl sites for hydroxylation is 4. The van der Waals surface area contributed by atoms with E-state index in [1.807, 2.05) is 13.8 Å². The lowest BCUT2D eigenvalue weighted by molar-refractivity contribution is 0.637. The van der Waals surface area contributed by atoms with Crippen LogP contribution < -0.4 is 11.1 Å². The van der Waals surface area contributed by atoms with Crippen molar-refractivity contribution >= 4 is 11.3 Å². The quantitative estimate of drug-likeness (QED) is 0.481. The molecule has 34 heavy (non-hydrogen) atoms. The van der Waals surface area contributed by atoms with E-state index in [4.69, 9.17) is 0 Å². The zero-order valence-electron chi connectivity index (χ0n) is 19.3. The fourth-order valence-corrected chi connectivity index (χ4v) is 5.09. The van der Waals surface area contributed by atoms with Crippen LogP contribution in [0.4, 0.5) is 0 Å². The summed E-state index contributed by atoms with van der Waals surface area (Å²) in [5.41, 5.74) is 5.12. The molecule has 1 aliphatic carbocycles. The van der Waals surface area contributed by atoms with Gasteiger partial charge in [0, 0.05) is 22.5 Å². The third kappa shape index (κ3) is 3.14. The molecule has 1 unspecified atom stereocenters. The zero-order valence-corrected chi connectivity index (χ0v) is 19.3. The van der Waals surface area contributed by atoms with Crippen LogP contribution in [0.2, 0.25) is 0 Å². The van der Waals surface area contributed by atoms with Crippen LogP contribution >= 0.6 is 0 Å². The molecule has 0 fully saturated rings. The van der Waals surface area contributed by atoms with E-state index in [9.17, 15) is 20.1 Å². The summed E-state index contributed by atoms with van der Waals surface area (Å²) in [6.45, 7) is 5.45. The van der Waals surface area contributed by atoms with E-state index in [1.54, 1.807) is 6.92 Å². The number of aromatic amines is 2. The number of nitriles is 2. The number of H-pyrrole nitrogens is 2. The maximum absolute atomic E-state index is 13.2. The minimum Gasteiger partial charge on any atom is -0.342 e. The number of nitrogens with zero attached hydrogens (tertiary/aromatic N) is 6. The first-order chi connectivity index (χ1) is 16.3. The highest BCUT2D eigenvalue weighted by Crippen LogP contribution is 2.25.